The summed E-state index contributed by atoms with van der Waals surface area (Å²) in [4.78, 5) is 22.2. The van der Waals surface area contributed by atoms with Gasteiger partial charge in [0.25, 0.3) is 17.2 Å². The number of ether oxygens (including phenoxy) is 2. The maximum atomic E-state index is 11.8. The van der Waals surface area contributed by atoms with Crippen LogP contribution < -0.4 is 9.47 Å². The molecule has 0 radical (unpaired) electrons. The van der Waals surface area contributed by atoms with Gasteiger partial charge in [-0.15, -0.1) is 0 Å². The van der Waals surface area contributed by atoms with Crippen LogP contribution in [0.15, 0.2) is 84.9 Å². The van der Waals surface area contributed by atoms with Gasteiger partial charge in [0.05, 0.1) is 21.0 Å². The average molecular weight is 464 g/mol. The summed E-state index contributed by atoms with van der Waals surface area (Å²) in [5.41, 5.74) is 2.34. The third-order valence-electron chi connectivity index (χ3n) is 6.19. The Labute approximate surface area is 198 Å². The van der Waals surface area contributed by atoms with E-state index in [1.165, 1.54) is 18.2 Å². The van der Waals surface area contributed by atoms with E-state index in [4.69, 9.17) is 9.47 Å². The smallest absolute Gasteiger partial charge is 0.299 e. The van der Waals surface area contributed by atoms with Crippen molar-refractivity contribution in [3.05, 3.63) is 122 Å². The van der Waals surface area contributed by atoms with Gasteiger partial charge in [-0.05, 0) is 47.2 Å². The van der Waals surface area contributed by atoms with Crippen LogP contribution in [0, 0.1) is 20.2 Å². The van der Waals surface area contributed by atoms with Crippen LogP contribution in [0.4, 0.5) is 11.4 Å². The Bertz CT molecular complexity index is 1620. The fraction of sp³-hybridized carbons (Fsp3) is 0.0370. The summed E-state index contributed by atoms with van der Waals surface area (Å²) in [6.45, 7) is 0. The van der Waals surface area contributed by atoms with Crippen LogP contribution in [0.1, 0.15) is 16.7 Å². The summed E-state index contributed by atoms with van der Waals surface area (Å²) in [5.74, 6) is -0.362. The first-order valence-corrected chi connectivity index (χ1v) is 10.8. The van der Waals surface area contributed by atoms with Crippen molar-refractivity contribution in [3.63, 3.8) is 0 Å². The molecule has 2 aliphatic heterocycles. The molecule has 0 aromatic heterocycles. The van der Waals surface area contributed by atoms with Crippen molar-refractivity contribution in [2.24, 2.45) is 0 Å². The maximum Gasteiger partial charge on any atom is 0.299 e. The zero-order valence-electron chi connectivity index (χ0n) is 18.1. The SMILES string of the molecule is O=[N+]([O-])c1ccc2c3c(ccc2c1)OC1(C=C3)Oc2ccccc2C=C1c1ccccc1[N+](=O)[O-]. The second kappa shape index (κ2) is 7.53. The summed E-state index contributed by atoms with van der Waals surface area (Å²) in [6, 6.07) is 22.0. The van der Waals surface area contributed by atoms with Gasteiger partial charge < -0.3 is 9.47 Å². The molecule has 1 spiro atoms. The standard InChI is InChI=1S/C27H16N2O6/c30-28(31)19-10-11-20-17(15-19)9-12-26-21(20)13-14-27(35-26)23(16-18-5-1-4-8-25(18)34-27)22-6-2-3-7-24(22)29(32)33/h1-16H. The van der Waals surface area contributed by atoms with Gasteiger partial charge in [-0.25, -0.2) is 0 Å². The van der Waals surface area contributed by atoms with Gasteiger partial charge in [-0.2, -0.15) is 0 Å². The Hall–Kier alpha value is -4.98. The maximum absolute atomic E-state index is 11.8. The molecule has 2 heterocycles. The van der Waals surface area contributed by atoms with E-state index in [9.17, 15) is 20.2 Å². The van der Waals surface area contributed by atoms with E-state index in [0.29, 0.717) is 28.0 Å². The van der Waals surface area contributed by atoms with Gasteiger partial charge in [0, 0.05) is 35.4 Å². The van der Waals surface area contributed by atoms with Crippen LogP contribution in [0.3, 0.4) is 0 Å². The Morgan fingerprint density at radius 1 is 0.771 bits per heavy atom. The highest BCUT2D eigenvalue weighted by Crippen LogP contribution is 2.48. The van der Waals surface area contributed by atoms with Gasteiger partial charge in [0.2, 0.25) is 0 Å². The third kappa shape index (κ3) is 3.23. The van der Waals surface area contributed by atoms with Crippen molar-refractivity contribution in [1.82, 2.24) is 0 Å². The molecule has 1 unspecified atom stereocenters. The number of nitro benzene ring substituents is 2. The number of benzene rings is 4. The van der Waals surface area contributed by atoms with Crippen LogP contribution in [-0.2, 0) is 0 Å². The summed E-state index contributed by atoms with van der Waals surface area (Å²) in [7, 11) is 0. The third-order valence-corrected chi connectivity index (χ3v) is 6.19. The largest absolute Gasteiger partial charge is 0.444 e. The Morgan fingerprint density at radius 3 is 2.37 bits per heavy atom. The van der Waals surface area contributed by atoms with Crippen LogP contribution in [0.2, 0.25) is 0 Å². The molecule has 2 aliphatic rings. The molecule has 8 heteroatoms. The number of hydrogen-bond donors (Lipinski definition) is 0. The van der Waals surface area contributed by atoms with E-state index in [2.05, 4.69) is 0 Å². The molecular formula is C27H16N2O6. The van der Waals surface area contributed by atoms with Crippen LogP contribution in [0.25, 0.3) is 28.5 Å². The minimum Gasteiger partial charge on any atom is -0.444 e. The Balaban J connectivity index is 1.54. The predicted molar refractivity (Wildman–Crippen MR) is 131 cm³/mol. The fourth-order valence-corrected chi connectivity index (χ4v) is 4.58. The first kappa shape index (κ1) is 20.6. The molecule has 0 amide bonds. The molecular weight excluding hydrogens is 448 g/mol. The fourth-order valence-electron chi connectivity index (χ4n) is 4.58. The van der Waals surface area contributed by atoms with Crippen molar-refractivity contribution in [3.8, 4) is 11.5 Å². The zero-order valence-corrected chi connectivity index (χ0v) is 18.1. The summed E-state index contributed by atoms with van der Waals surface area (Å²) >= 11 is 0. The first-order valence-electron chi connectivity index (χ1n) is 10.8. The Morgan fingerprint density at radius 2 is 1.54 bits per heavy atom. The molecule has 0 aliphatic carbocycles. The quantitative estimate of drug-likeness (QED) is 0.257. The highest BCUT2D eigenvalue weighted by molar-refractivity contribution is 5.98. The van der Waals surface area contributed by atoms with Gasteiger partial charge in [0.1, 0.15) is 11.5 Å². The van der Waals surface area contributed by atoms with Gasteiger partial charge in [-0.1, -0.05) is 36.4 Å². The lowest BCUT2D eigenvalue weighted by Gasteiger charge is -2.39. The van der Waals surface area contributed by atoms with Crippen molar-refractivity contribution in [2.45, 2.75) is 5.79 Å². The van der Waals surface area contributed by atoms with Crippen LogP contribution >= 0.6 is 0 Å². The predicted octanol–water partition coefficient (Wildman–Crippen LogP) is 6.39. The Kier molecular flexibility index (Phi) is 4.43. The lowest BCUT2D eigenvalue weighted by Crippen LogP contribution is -2.44. The van der Waals surface area contributed by atoms with Crippen molar-refractivity contribution >= 4 is 39.9 Å². The molecule has 0 saturated carbocycles. The van der Waals surface area contributed by atoms with E-state index in [1.807, 2.05) is 36.4 Å². The number of non-ortho nitro benzene ring substituents is 1. The van der Waals surface area contributed by atoms with Gasteiger partial charge >= 0.3 is 0 Å². The number of para-hydroxylation sites is 2. The highest BCUT2D eigenvalue weighted by atomic mass is 16.7. The molecule has 0 N–H and O–H groups in total. The molecule has 8 nitrogen and oxygen atoms in total. The summed E-state index contributed by atoms with van der Waals surface area (Å²) in [6.07, 6.45) is 5.42. The minimum absolute atomic E-state index is 0.00320. The van der Waals surface area contributed by atoms with Crippen molar-refractivity contribution < 1.29 is 19.3 Å². The molecule has 0 bridgehead atoms. The summed E-state index contributed by atoms with van der Waals surface area (Å²) in [5, 5.41) is 24.5. The van der Waals surface area contributed by atoms with E-state index < -0.39 is 15.6 Å². The topological polar surface area (TPSA) is 105 Å². The number of fused-ring (bicyclic) bond motifs is 4. The van der Waals surface area contributed by atoms with Crippen molar-refractivity contribution in [1.29, 1.82) is 0 Å². The van der Waals surface area contributed by atoms with Crippen molar-refractivity contribution in [2.75, 3.05) is 0 Å². The molecule has 170 valence electrons. The second-order valence-electron chi connectivity index (χ2n) is 8.21. The second-order valence-corrected chi connectivity index (χ2v) is 8.21. The van der Waals surface area contributed by atoms with E-state index in [0.717, 1.165) is 16.5 Å². The molecule has 0 saturated heterocycles. The normalized spacial score (nSPS) is 17.7. The molecule has 4 aromatic rings. The summed E-state index contributed by atoms with van der Waals surface area (Å²) < 4.78 is 12.9. The molecule has 6 rings (SSSR count). The van der Waals surface area contributed by atoms with E-state index in [-0.39, 0.29) is 11.4 Å². The first-order chi connectivity index (χ1) is 16.9. The average Bonchev–Trinajstić information content (AvgIpc) is 2.87. The zero-order chi connectivity index (χ0) is 24.2. The molecule has 1 atom stereocenters. The highest BCUT2D eigenvalue weighted by Gasteiger charge is 2.45. The van der Waals surface area contributed by atoms with Crippen LogP contribution in [-0.4, -0.2) is 15.6 Å². The number of nitro groups is 2. The number of nitrogens with zero attached hydrogens (tertiary/aromatic N) is 2. The minimum atomic E-state index is -1.44. The van der Waals surface area contributed by atoms with E-state index >= 15 is 0 Å². The number of hydrogen-bond acceptors (Lipinski definition) is 6. The lowest BCUT2D eigenvalue weighted by atomic mass is 9.88. The van der Waals surface area contributed by atoms with Gasteiger partial charge in [0.15, 0.2) is 0 Å². The monoisotopic (exact) mass is 464 g/mol. The molecule has 0 fully saturated rings. The molecule has 35 heavy (non-hydrogen) atoms. The van der Waals surface area contributed by atoms with Gasteiger partial charge in [-0.3, -0.25) is 20.2 Å². The number of rotatable bonds is 3. The lowest BCUT2D eigenvalue weighted by molar-refractivity contribution is -0.385. The van der Waals surface area contributed by atoms with E-state index in [1.54, 1.807) is 42.5 Å². The molecule has 4 aromatic carbocycles. The van der Waals surface area contributed by atoms with Crippen LogP contribution in [0.5, 0.6) is 11.5 Å².